The van der Waals surface area contributed by atoms with E-state index in [0.29, 0.717) is 18.3 Å². The fraction of sp³-hybridized carbons (Fsp3) is 0.500. The van der Waals surface area contributed by atoms with Gasteiger partial charge in [0.25, 0.3) is 0 Å². The molecule has 2 N–H and O–H groups in total. The SMILES string of the molecule is CCNC(=NCc1noc(C(C)(C)C)n1)NCCc1ccccc1. The highest BCUT2D eigenvalue weighted by Crippen LogP contribution is 2.19. The van der Waals surface area contributed by atoms with Crippen molar-refractivity contribution in [2.45, 2.75) is 46.1 Å². The molecule has 0 radical (unpaired) electrons. The zero-order valence-electron chi connectivity index (χ0n) is 15.0. The number of hydrogen-bond donors (Lipinski definition) is 2. The highest BCUT2D eigenvalue weighted by Gasteiger charge is 2.21. The number of aliphatic imine (C=N–C) groups is 1. The number of nitrogens with one attached hydrogen (secondary N) is 2. The normalized spacial score (nSPS) is 12.2. The van der Waals surface area contributed by atoms with Gasteiger partial charge in [0.05, 0.1) is 0 Å². The Labute approximate surface area is 143 Å². The van der Waals surface area contributed by atoms with Crippen LogP contribution < -0.4 is 10.6 Å². The lowest BCUT2D eigenvalue weighted by molar-refractivity contribution is 0.318. The van der Waals surface area contributed by atoms with Crippen molar-refractivity contribution in [1.29, 1.82) is 0 Å². The topological polar surface area (TPSA) is 75.3 Å². The average molecular weight is 329 g/mol. The molecular weight excluding hydrogens is 302 g/mol. The molecule has 0 saturated carbocycles. The van der Waals surface area contributed by atoms with Crippen molar-refractivity contribution in [3.63, 3.8) is 0 Å². The highest BCUT2D eigenvalue weighted by molar-refractivity contribution is 5.79. The van der Waals surface area contributed by atoms with Gasteiger partial charge in [-0.1, -0.05) is 56.3 Å². The van der Waals surface area contributed by atoms with Crippen LogP contribution in [0.25, 0.3) is 0 Å². The number of guanidine groups is 1. The molecule has 0 saturated heterocycles. The van der Waals surface area contributed by atoms with Crippen molar-refractivity contribution in [3.05, 3.63) is 47.6 Å². The van der Waals surface area contributed by atoms with Gasteiger partial charge in [0, 0.05) is 18.5 Å². The van der Waals surface area contributed by atoms with E-state index in [1.807, 2.05) is 33.8 Å². The fourth-order valence-corrected chi connectivity index (χ4v) is 2.08. The van der Waals surface area contributed by atoms with Gasteiger partial charge in [-0.05, 0) is 18.9 Å². The van der Waals surface area contributed by atoms with E-state index in [1.165, 1.54) is 5.56 Å². The molecule has 1 aromatic heterocycles. The molecule has 0 aliphatic rings. The minimum Gasteiger partial charge on any atom is -0.357 e. The van der Waals surface area contributed by atoms with E-state index in [-0.39, 0.29) is 5.41 Å². The largest absolute Gasteiger partial charge is 0.357 e. The predicted molar refractivity (Wildman–Crippen MR) is 96.0 cm³/mol. The summed E-state index contributed by atoms with van der Waals surface area (Å²) in [5.41, 5.74) is 1.15. The molecule has 6 nitrogen and oxygen atoms in total. The van der Waals surface area contributed by atoms with Crippen LogP contribution in [0.5, 0.6) is 0 Å². The van der Waals surface area contributed by atoms with E-state index in [2.05, 4.69) is 50.0 Å². The van der Waals surface area contributed by atoms with Gasteiger partial charge < -0.3 is 15.2 Å². The zero-order valence-corrected chi connectivity index (χ0v) is 15.0. The second kappa shape index (κ2) is 8.47. The first-order valence-corrected chi connectivity index (χ1v) is 8.38. The molecule has 0 aliphatic carbocycles. The van der Waals surface area contributed by atoms with Gasteiger partial charge in [-0.2, -0.15) is 4.98 Å². The van der Waals surface area contributed by atoms with E-state index in [9.17, 15) is 0 Å². The first-order chi connectivity index (χ1) is 11.5. The number of aromatic nitrogens is 2. The molecule has 130 valence electrons. The smallest absolute Gasteiger partial charge is 0.232 e. The van der Waals surface area contributed by atoms with Gasteiger partial charge in [0.15, 0.2) is 11.8 Å². The summed E-state index contributed by atoms with van der Waals surface area (Å²) >= 11 is 0. The third-order valence-electron chi connectivity index (χ3n) is 3.38. The number of nitrogens with zero attached hydrogens (tertiary/aromatic N) is 3. The number of benzene rings is 1. The second-order valence-corrected chi connectivity index (χ2v) is 6.62. The molecular formula is C18H27N5O. The van der Waals surface area contributed by atoms with Gasteiger partial charge in [0.2, 0.25) is 5.89 Å². The van der Waals surface area contributed by atoms with Crippen molar-refractivity contribution >= 4 is 5.96 Å². The Kier molecular flexibility index (Phi) is 6.35. The van der Waals surface area contributed by atoms with Gasteiger partial charge in [0.1, 0.15) is 6.54 Å². The van der Waals surface area contributed by atoms with Crippen LogP contribution in [0.15, 0.2) is 39.8 Å². The molecule has 0 amide bonds. The van der Waals surface area contributed by atoms with Crippen LogP contribution in [0.2, 0.25) is 0 Å². The predicted octanol–water partition coefficient (Wildman–Crippen LogP) is 2.66. The van der Waals surface area contributed by atoms with Crippen molar-refractivity contribution in [3.8, 4) is 0 Å². The summed E-state index contributed by atoms with van der Waals surface area (Å²) in [6.45, 7) is 10.2. The maximum atomic E-state index is 5.29. The third-order valence-corrected chi connectivity index (χ3v) is 3.38. The van der Waals surface area contributed by atoms with Crippen molar-refractivity contribution < 1.29 is 4.52 Å². The van der Waals surface area contributed by atoms with E-state index >= 15 is 0 Å². The van der Waals surface area contributed by atoms with Crippen molar-refractivity contribution in [2.24, 2.45) is 4.99 Å². The molecule has 0 fully saturated rings. The average Bonchev–Trinajstić information content (AvgIpc) is 3.03. The molecule has 1 aromatic carbocycles. The van der Waals surface area contributed by atoms with Crippen LogP contribution in [0.3, 0.4) is 0 Å². The van der Waals surface area contributed by atoms with Gasteiger partial charge in [-0.15, -0.1) is 0 Å². The Balaban J connectivity index is 1.89. The van der Waals surface area contributed by atoms with Gasteiger partial charge in [-0.25, -0.2) is 4.99 Å². The van der Waals surface area contributed by atoms with Crippen LogP contribution in [0, 0.1) is 0 Å². The molecule has 6 heteroatoms. The molecule has 0 aliphatic heterocycles. The Morgan fingerprint density at radius 1 is 1.17 bits per heavy atom. The summed E-state index contributed by atoms with van der Waals surface area (Å²) in [6, 6.07) is 10.4. The van der Waals surface area contributed by atoms with Crippen molar-refractivity contribution in [2.75, 3.05) is 13.1 Å². The Morgan fingerprint density at radius 3 is 2.54 bits per heavy atom. The Hall–Kier alpha value is -2.37. The molecule has 0 unspecified atom stereocenters. The Bertz CT molecular complexity index is 643. The van der Waals surface area contributed by atoms with Gasteiger partial charge >= 0.3 is 0 Å². The monoisotopic (exact) mass is 329 g/mol. The van der Waals surface area contributed by atoms with Gasteiger partial charge in [-0.3, -0.25) is 0 Å². The summed E-state index contributed by atoms with van der Waals surface area (Å²) in [6.07, 6.45) is 0.946. The standard InChI is InChI=1S/C18H27N5O/c1-5-19-17(20-12-11-14-9-7-6-8-10-14)21-13-15-22-16(24-23-15)18(2,3)4/h6-10H,5,11-13H2,1-4H3,(H2,19,20,21). The summed E-state index contributed by atoms with van der Waals surface area (Å²) in [4.78, 5) is 8.92. The molecule has 1 heterocycles. The Morgan fingerprint density at radius 2 is 1.92 bits per heavy atom. The molecule has 2 rings (SSSR count). The molecule has 0 bridgehead atoms. The van der Waals surface area contributed by atoms with Crippen molar-refractivity contribution in [1.82, 2.24) is 20.8 Å². The lowest BCUT2D eigenvalue weighted by Crippen LogP contribution is -2.38. The molecule has 24 heavy (non-hydrogen) atoms. The van der Waals surface area contributed by atoms with E-state index < -0.39 is 0 Å². The number of hydrogen-bond acceptors (Lipinski definition) is 4. The summed E-state index contributed by atoms with van der Waals surface area (Å²) in [7, 11) is 0. The summed E-state index contributed by atoms with van der Waals surface area (Å²) in [5, 5.41) is 10.6. The second-order valence-electron chi connectivity index (χ2n) is 6.62. The van der Waals surface area contributed by atoms with Crippen LogP contribution in [0.4, 0.5) is 0 Å². The quantitative estimate of drug-likeness (QED) is 0.629. The first-order valence-electron chi connectivity index (χ1n) is 8.38. The lowest BCUT2D eigenvalue weighted by atomic mass is 9.97. The van der Waals surface area contributed by atoms with E-state index in [0.717, 1.165) is 25.5 Å². The van der Waals surface area contributed by atoms with Crippen LogP contribution in [-0.4, -0.2) is 29.2 Å². The van der Waals surface area contributed by atoms with Crippen LogP contribution >= 0.6 is 0 Å². The highest BCUT2D eigenvalue weighted by atomic mass is 16.5. The maximum Gasteiger partial charge on any atom is 0.232 e. The molecule has 2 aromatic rings. The number of rotatable bonds is 6. The van der Waals surface area contributed by atoms with Crippen LogP contribution in [0.1, 0.15) is 45.0 Å². The van der Waals surface area contributed by atoms with E-state index in [4.69, 9.17) is 4.52 Å². The maximum absolute atomic E-state index is 5.29. The fourth-order valence-electron chi connectivity index (χ4n) is 2.08. The minimum absolute atomic E-state index is 0.145. The third kappa shape index (κ3) is 5.68. The summed E-state index contributed by atoms with van der Waals surface area (Å²) in [5.74, 6) is 1.99. The lowest BCUT2D eigenvalue weighted by Gasteiger charge is -2.11. The summed E-state index contributed by atoms with van der Waals surface area (Å²) < 4.78 is 5.29. The van der Waals surface area contributed by atoms with Crippen LogP contribution in [-0.2, 0) is 18.4 Å². The minimum atomic E-state index is -0.145. The zero-order chi connectivity index (χ0) is 17.4. The molecule has 0 spiro atoms. The molecule has 0 atom stereocenters. The first kappa shape index (κ1) is 18.0. The van der Waals surface area contributed by atoms with E-state index in [1.54, 1.807) is 0 Å².